The summed E-state index contributed by atoms with van der Waals surface area (Å²) >= 11 is 0. The molecule has 0 bridgehead atoms. The lowest BCUT2D eigenvalue weighted by Gasteiger charge is -2.32. The lowest BCUT2D eigenvalue weighted by Crippen LogP contribution is -2.39. The van der Waals surface area contributed by atoms with Gasteiger partial charge in [-0.25, -0.2) is 0 Å². The van der Waals surface area contributed by atoms with Crippen LogP contribution in [0.4, 0.5) is 18.9 Å². The van der Waals surface area contributed by atoms with E-state index >= 15 is 0 Å². The molecule has 38 heavy (non-hydrogen) atoms. The van der Waals surface area contributed by atoms with Gasteiger partial charge < -0.3 is 16.4 Å². The number of piperidine rings is 1. The van der Waals surface area contributed by atoms with Gasteiger partial charge in [0, 0.05) is 23.4 Å². The number of hydrogen-bond acceptors (Lipinski definition) is 3. The van der Waals surface area contributed by atoms with Crippen molar-refractivity contribution in [1.82, 2.24) is 10.2 Å². The summed E-state index contributed by atoms with van der Waals surface area (Å²) in [4.78, 5) is 22.7. The molecule has 0 radical (unpaired) electrons. The topological polar surface area (TPSA) is 95.1 Å². The Balaban J connectivity index is 1.49. The number of rotatable bonds is 5. The molecular formula is C28H35F3N6O. The van der Waals surface area contributed by atoms with Gasteiger partial charge in [-0.3, -0.25) is 14.7 Å². The van der Waals surface area contributed by atoms with Crippen molar-refractivity contribution >= 4 is 23.4 Å². The Bertz CT molecular complexity index is 1260. The molecule has 2 heterocycles. The Morgan fingerprint density at radius 3 is 2.50 bits per heavy atom. The Morgan fingerprint density at radius 2 is 1.87 bits per heavy atom. The van der Waals surface area contributed by atoms with Gasteiger partial charge in [-0.2, -0.15) is 18.2 Å². The second-order valence-corrected chi connectivity index (χ2v) is 10.1. The van der Waals surface area contributed by atoms with E-state index < -0.39 is 12.7 Å². The van der Waals surface area contributed by atoms with Gasteiger partial charge in [0.1, 0.15) is 5.84 Å². The maximum atomic E-state index is 12.7. The van der Waals surface area contributed by atoms with Crippen LogP contribution in [0, 0.1) is 13.8 Å². The first-order valence-electron chi connectivity index (χ1n) is 13.0. The Morgan fingerprint density at radius 1 is 1.16 bits per heavy atom. The third-order valence-electron chi connectivity index (χ3n) is 7.22. The molecule has 0 aromatic heterocycles. The minimum Gasteiger partial charge on any atom is -0.383 e. The van der Waals surface area contributed by atoms with E-state index in [2.05, 4.69) is 26.7 Å². The Hall–Kier alpha value is -3.40. The van der Waals surface area contributed by atoms with Crippen molar-refractivity contribution in [2.24, 2.45) is 15.7 Å². The van der Waals surface area contributed by atoms with Gasteiger partial charge in [-0.05, 0) is 93.9 Å². The molecule has 2 aromatic carbocycles. The summed E-state index contributed by atoms with van der Waals surface area (Å²) < 4.78 is 38.1. The first kappa shape index (κ1) is 27.6. The number of halogens is 3. The number of likely N-dealkylation sites (tertiary alicyclic amines) is 1. The summed E-state index contributed by atoms with van der Waals surface area (Å²) in [7, 11) is 0. The fourth-order valence-electron chi connectivity index (χ4n) is 5.22. The van der Waals surface area contributed by atoms with Gasteiger partial charge in [-0.15, -0.1) is 0 Å². The number of nitrogens with zero attached hydrogens (tertiary/aromatic N) is 3. The van der Waals surface area contributed by atoms with E-state index in [1.807, 2.05) is 52.0 Å². The van der Waals surface area contributed by atoms with Crippen LogP contribution in [0.1, 0.15) is 76.8 Å². The normalized spacial score (nSPS) is 19.4. The second kappa shape index (κ2) is 11.1. The highest BCUT2D eigenvalue weighted by atomic mass is 19.4. The van der Waals surface area contributed by atoms with Crippen LogP contribution in [-0.2, 0) is 0 Å². The number of anilines is 1. The number of amides is 1. The van der Waals surface area contributed by atoms with Crippen molar-refractivity contribution in [1.29, 1.82) is 0 Å². The number of nitrogens with two attached hydrogens (primary N) is 1. The first-order valence-corrected chi connectivity index (χ1v) is 13.0. The predicted molar refractivity (Wildman–Crippen MR) is 145 cm³/mol. The molecule has 0 saturated carbocycles. The molecule has 1 amide bonds. The van der Waals surface area contributed by atoms with E-state index in [1.165, 1.54) is 4.90 Å². The van der Waals surface area contributed by atoms with Crippen molar-refractivity contribution in [2.75, 3.05) is 31.5 Å². The molecule has 7 nitrogen and oxygen atoms in total. The average molecular weight is 529 g/mol. The number of aliphatic imine (C=N–C) groups is 2. The zero-order valence-electron chi connectivity index (χ0n) is 22.2. The molecule has 4 rings (SSSR count). The summed E-state index contributed by atoms with van der Waals surface area (Å²) in [5.74, 6) is 0.838. The number of guanidine groups is 1. The van der Waals surface area contributed by atoms with E-state index in [1.54, 1.807) is 0 Å². The van der Waals surface area contributed by atoms with E-state index in [0.717, 1.165) is 33.5 Å². The molecular weight excluding hydrogens is 493 g/mol. The minimum absolute atomic E-state index is 0.0716. The maximum Gasteiger partial charge on any atom is 0.401 e. The molecule has 0 aliphatic carbocycles. The van der Waals surface area contributed by atoms with Crippen molar-refractivity contribution < 1.29 is 18.0 Å². The lowest BCUT2D eigenvalue weighted by atomic mass is 9.87. The van der Waals surface area contributed by atoms with Crippen LogP contribution in [0.5, 0.6) is 0 Å². The quantitative estimate of drug-likeness (QED) is 0.374. The standard InChI is InChI=1S/C28H35F3N6O/c1-5-33-27(35-24-14-22-18(4)34-26(38)23(22)13-17(24)3)36-25(32)21-7-6-20(12-16(21)2)19-8-10-37(11-9-19)15-28(29,30)31/h6-7,12-14,18-19H,5,8-11,15H2,1-4H3,(H,34,38)(H3,32,33,35,36). The molecule has 10 heteroatoms. The van der Waals surface area contributed by atoms with Crippen molar-refractivity contribution in [2.45, 2.75) is 58.7 Å². The number of alkyl halides is 3. The largest absolute Gasteiger partial charge is 0.401 e. The van der Waals surface area contributed by atoms with Gasteiger partial charge in [0.2, 0.25) is 5.96 Å². The number of hydrogen-bond donors (Lipinski definition) is 3. The van der Waals surface area contributed by atoms with Crippen molar-refractivity contribution in [3.05, 3.63) is 63.7 Å². The summed E-state index contributed by atoms with van der Waals surface area (Å²) in [6.45, 7) is 8.26. The number of aryl methyl sites for hydroxylation is 2. The summed E-state index contributed by atoms with van der Waals surface area (Å²) in [5, 5.41) is 6.20. The Labute approximate surface area is 221 Å². The molecule has 1 atom stereocenters. The Kier molecular flexibility index (Phi) is 8.10. The zero-order chi connectivity index (χ0) is 27.6. The van der Waals surface area contributed by atoms with Crippen LogP contribution < -0.4 is 16.4 Å². The monoisotopic (exact) mass is 528 g/mol. The second-order valence-electron chi connectivity index (χ2n) is 10.1. The fourth-order valence-corrected chi connectivity index (χ4v) is 5.22. The number of carbonyl (C=O) groups excluding carboxylic acids is 1. The van der Waals surface area contributed by atoms with Crippen LogP contribution in [-0.4, -0.2) is 55.0 Å². The summed E-state index contributed by atoms with van der Waals surface area (Å²) in [5.41, 5.74) is 12.6. The first-order chi connectivity index (χ1) is 17.9. The summed E-state index contributed by atoms with van der Waals surface area (Å²) in [6, 6.07) is 9.72. The molecule has 2 aliphatic heterocycles. The predicted octanol–water partition coefficient (Wildman–Crippen LogP) is 5.04. The van der Waals surface area contributed by atoms with Gasteiger partial charge in [0.25, 0.3) is 5.91 Å². The molecule has 4 N–H and O–H groups in total. The molecule has 0 spiro atoms. The van der Waals surface area contributed by atoms with E-state index in [-0.39, 0.29) is 17.9 Å². The molecule has 1 fully saturated rings. The van der Waals surface area contributed by atoms with Gasteiger partial charge in [0.15, 0.2) is 0 Å². The highest BCUT2D eigenvalue weighted by molar-refractivity contribution is 6.09. The highest BCUT2D eigenvalue weighted by Gasteiger charge is 2.33. The summed E-state index contributed by atoms with van der Waals surface area (Å²) in [6.07, 6.45) is -2.78. The highest BCUT2D eigenvalue weighted by Crippen LogP contribution is 2.32. The van der Waals surface area contributed by atoms with Crippen LogP contribution in [0.25, 0.3) is 0 Å². The van der Waals surface area contributed by atoms with E-state index in [4.69, 9.17) is 5.73 Å². The number of fused-ring (bicyclic) bond motifs is 1. The molecule has 2 aromatic rings. The van der Waals surface area contributed by atoms with Crippen molar-refractivity contribution in [3.8, 4) is 0 Å². The third-order valence-corrected chi connectivity index (χ3v) is 7.22. The van der Waals surface area contributed by atoms with Gasteiger partial charge in [0.05, 0.1) is 12.6 Å². The molecule has 1 unspecified atom stereocenters. The van der Waals surface area contributed by atoms with Crippen LogP contribution in [0.3, 0.4) is 0 Å². The van der Waals surface area contributed by atoms with Gasteiger partial charge in [-0.1, -0.05) is 18.2 Å². The van der Waals surface area contributed by atoms with Crippen molar-refractivity contribution in [3.63, 3.8) is 0 Å². The maximum absolute atomic E-state index is 12.7. The molecule has 2 aliphatic rings. The fraction of sp³-hybridized carbons (Fsp3) is 0.464. The van der Waals surface area contributed by atoms with Crippen LogP contribution >= 0.6 is 0 Å². The SMILES string of the molecule is CCN=C(/N=C(\N)c1ccc(C2CCN(CC(F)(F)F)CC2)cc1C)Nc1cc2c(cc1C)C(=O)NC2C. The smallest absolute Gasteiger partial charge is 0.383 e. The van der Waals surface area contributed by atoms with Crippen LogP contribution in [0.15, 0.2) is 40.3 Å². The van der Waals surface area contributed by atoms with E-state index in [0.29, 0.717) is 49.8 Å². The van der Waals surface area contributed by atoms with E-state index in [9.17, 15) is 18.0 Å². The number of carbonyl (C=O) groups is 1. The average Bonchev–Trinajstić information content (AvgIpc) is 3.11. The minimum atomic E-state index is -4.16. The van der Waals surface area contributed by atoms with Crippen LogP contribution in [0.2, 0.25) is 0 Å². The lowest BCUT2D eigenvalue weighted by molar-refractivity contribution is -0.147. The van der Waals surface area contributed by atoms with Gasteiger partial charge >= 0.3 is 6.18 Å². The zero-order valence-corrected chi connectivity index (χ0v) is 22.2. The number of nitrogens with one attached hydrogen (secondary N) is 2. The number of amidine groups is 1. The molecule has 204 valence electrons. The third kappa shape index (κ3) is 6.35. The number of benzene rings is 2. The molecule has 1 saturated heterocycles.